The van der Waals surface area contributed by atoms with Crippen LogP contribution in [-0.4, -0.2) is 121 Å². The molecule has 1 unspecified atom stereocenters. The van der Waals surface area contributed by atoms with Crippen LogP contribution in [0.3, 0.4) is 0 Å². The first kappa shape index (κ1) is 60.5. The van der Waals surface area contributed by atoms with E-state index in [-0.39, 0.29) is 12.3 Å². The van der Waals surface area contributed by atoms with Gasteiger partial charge in [0.25, 0.3) is 23.6 Å². The molecule has 6 heterocycles. The Hall–Kier alpha value is -10.6. The Labute approximate surface area is 517 Å². The average Bonchev–Trinajstić information content (AvgIpc) is 1.69. The predicted octanol–water partition coefficient (Wildman–Crippen LogP) is 13.3. The van der Waals surface area contributed by atoms with E-state index in [2.05, 4.69) is 74.1 Å². The molecule has 0 aliphatic carbocycles. The molecule has 0 amide bonds. The highest BCUT2D eigenvalue weighted by atomic mass is 32.2. The molecule has 1 N–H and O–H groups in total. The molecule has 0 saturated heterocycles. The highest BCUT2D eigenvalue weighted by Gasteiger charge is 2.21. The third-order valence-electron chi connectivity index (χ3n) is 13.8. The van der Waals surface area contributed by atoms with E-state index in [4.69, 9.17) is 28.0 Å². The van der Waals surface area contributed by atoms with E-state index in [0.717, 1.165) is 68.1 Å². The number of aliphatic hydroxyl groups is 1. The lowest BCUT2D eigenvalue weighted by molar-refractivity contribution is 0.282. The minimum atomic E-state index is -1.14. The van der Waals surface area contributed by atoms with Crippen LogP contribution in [0.4, 0.5) is 0 Å². The molecule has 0 radical (unpaired) electrons. The van der Waals surface area contributed by atoms with Gasteiger partial charge in [0.05, 0.1) is 82.8 Å². The van der Waals surface area contributed by atoms with Crippen molar-refractivity contribution in [3.8, 4) is 109 Å². The quantitative estimate of drug-likeness (QED) is 0.0944. The summed E-state index contributed by atoms with van der Waals surface area (Å²) in [6.07, 6.45) is 6.81. The maximum atomic E-state index is 12.0. The molecule has 0 spiro atoms. The molecule has 0 saturated carbocycles. The molecule has 20 nitrogen and oxygen atoms in total. The maximum absolute atomic E-state index is 12.0. The van der Waals surface area contributed by atoms with Crippen molar-refractivity contribution in [2.45, 2.75) is 38.8 Å². The molecular weight excluding hydrogens is 1130 g/mol. The molecular formula is C67H70N14O6S. The lowest BCUT2D eigenvalue weighted by atomic mass is 10.1. The van der Waals surface area contributed by atoms with Crippen LogP contribution in [0.15, 0.2) is 195 Å². The summed E-state index contributed by atoms with van der Waals surface area (Å²) in [6.45, 7) is 10.5. The number of nitrogens with zero attached hydrogens (tertiary/aromatic N) is 14. The van der Waals surface area contributed by atoms with Crippen molar-refractivity contribution in [3.63, 3.8) is 0 Å². The zero-order chi connectivity index (χ0) is 61.8. The Morgan fingerprint density at radius 1 is 0.511 bits per heavy atom. The summed E-state index contributed by atoms with van der Waals surface area (Å²) in [6, 6.07) is 48.1. The number of hydrogen-bond donors (Lipinski definition) is 1. The van der Waals surface area contributed by atoms with Gasteiger partial charge in [0.15, 0.2) is 0 Å². The Morgan fingerprint density at radius 3 is 1.44 bits per heavy atom. The minimum absolute atomic E-state index is 0. The molecule has 88 heavy (non-hydrogen) atoms. The normalized spacial score (nSPS) is 11.3. The van der Waals surface area contributed by atoms with Gasteiger partial charge in [-0.25, -0.2) is 15.0 Å². The predicted molar refractivity (Wildman–Crippen MR) is 346 cm³/mol. The fourth-order valence-corrected chi connectivity index (χ4v) is 9.74. The standard InChI is InChI=1S/C24H23N5O2.C23H23N5O2.C20H16N4O2S.4H2/c1-15-22(24-28-27-23(31-24)19-8-6-7-9-21(19)30-5)26-20(14-25-15)18-12-10-17(11-13-18)16(2)29(3)4;1-15-21(23-27-26-22(30-23)19-10-6-17(14-29)7-11-19)25-20(12-24-15)18-8-4-16(5-9-18)13-28(2)3;1-13-18(20-24-23-19(26-20)14-8-4-3-5-9-14)22-16(12-21-13)15-10-6-7-11-17(15)27(2)25;;;;/h6-14H,2H2,1,3-5H3;4-12,29H,13-14H2,1-3H3;3-12H,1-2H3;4*1H. The van der Waals surface area contributed by atoms with Gasteiger partial charge in [0, 0.05) is 71.0 Å². The smallest absolute Gasteiger partial charge is 0.268 e. The highest BCUT2D eigenvalue weighted by Crippen LogP contribution is 2.34. The van der Waals surface area contributed by atoms with Crippen molar-refractivity contribution in [2.24, 2.45) is 0 Å². The molecule has 12 rings (SSSR count). The van der Waals surface area contributed by atoms with E-state index in [1.165, 1.54) is 5.56 Å². The SMILES string of the molecule is C=C(c1ccc(-c2cnc(C)c(-c3nnc(-c4ccccc4OC)o3)n2)cc1)N(C)C.Cc1ncc(-c2ccc(CN(C)C)cc2)nc1-c1nnc(-c2ccc(CO)cc2)o1.Cc1ncc(-c2ccccc2S(C)=O)nc1-c1nnc(-c2ccccc2)o1.[HH].[HH].[HH].[HH]. The third-order valence-corrected chi connectivity index (χ3v) is 14.7. The molecule has 450 valence electrons. The van der Waals surface area contributed by atoms with Crippen LogP contribution in [0.25, 0.3) is 109 Å². The first-order valence-corrected chi connectivity index (χ1v) is 29.3. The van der Waals surface area contributed by atoms with Gasteiger partial charge < -0.3 is 32.9 Å². The zero-order valence-electron chi connectivity index (χ0n) is 49.9. The second-order valence-electron chi connectivity index (χ2n) is 20.5. The van der Waals surface area contributed by atoms with Crippen molar-refractivity contribution in [2.75, 3.05) is 41.6 Å². The van der Waals surface area contributed by atoms with E-state index in [1.807, 2.05) is 193 Å². The maximum Gasteiger partial charge on any atom is 0.268 e. The number of ether oxygens (including phenoxy) is 1. The van der Waals surface area contributed by atoms with Crippen molar-refractivity contribution in [3.05, 3.63) is 211 Å². The van der Waals surface area contributed by atoms with Crippen LogP contribution in [0, 0.1) is 20.8 Å². The summed E-state index contributed by atoms with van der Waals surface area (Å²) in [4.78, 5) is 32.4. The van der Waals surface area contributed by atoms with Crippen LogP contribution >= 0.6 is 0 Å². The topological polar surface area (TPSA) is 247 Å². The van der Waals surface area contributed by atoms with Crippen molar-refractivity contribution in [1.29, 1.82) is 0 Å². The number of methoxy groups -OCH3 is 1. The summed E-state index contributed by atoms with van der Waals surface area (Å²) in [5.74, 6) is 2.79. The van der Waals surface area contributed by atoms with Gasteiger partial charge in [-0.2, -0.15) is 0 Å². The molecule has 0 fully saturated rings. The van der Waals surface area contributed by atoms with Gasteiger partial charge in [0.2, 0.25) is 11.8 Å². The monoisotopic (exact) mass is 1200 g/mol. The Bertz CT molecular complexity index is 4400. The second-order valence-corrected chi connectivity index (χ2v) is 21.9. The van der Waals surface area contributed by atoms with Gasteiger partial charge in [-0.3, -0.25) is 19.2 Å². The van der Waals surface area contributed by atoms with E-state index in [1.54, 1.807) is 32.0 Å². The van der Waals surface area contributed by atoms with Crippen LogP contribution in [-0.2, 0) is 24.0 Å². The first-order valence-electron chi connectivity index (χ1n) is 27.7. The van der Waals surface area contributed by atoms with Crippen LogP contribution in [0.1, 0.15) is 39.5 Å². The number of para-hydroxylation sites is 1. The van der Waals surface area contributed by atoms with Crippen LogP contribution in [0.2, 0.25) is 0 Å². The number of rotatable bonds is 16. The summed E-state index contributed by atoms with van der Waals surface area (Å²) in [7, 11) is 8.50. The van der Waals surface area contributed by atoms with Crippen molar-refractivity contribution < 1.29 is 33.0 Å². The molecule has 21 heteroatoms. The molecule has 12 aromatic rings. The highest BCUT2D eigenvalue weighted by molar-refractivity contribution is 7.84. The van der Waals surface area contributed by atoms with Crippen LogP contribution in [0.5, 0.6) is 5.75 Å². The fourth-order valence-electron chi connectivity index (χ4n) is 8.98. The molecule has 6 aromatic carbocycles. The minimum Gasteiger partial charge on any atom is -0.496 e. The van der Waals surface area contributed by atoms with Gasteiger partial charge in [-0.1, -0.05) is 116 Å². The van der Waals surface area contributed by atoms with E-state index < -0.39 is 10.8 Å². The number of aromatic nitrogens is 12. The van der Waals surface area contributed by atoms with Gasteiger partial charge in [0.1, 0.15) is 22.8 Å². The summed E-state index contributed by atoms with van der Waals surface area (Å²) in [5, 5.41) is 34.1. The number of aliphatic hydroxyl groups excluding tert-OH is 1. The van der Waals surface area contributed by atoms with Gasteiger partial charge >= 0.3 is 0 Å². The summed E-state index contributed by atoms with van der Waals surface area (Å²) >= 11 is 0. The fraction of sp³-hybridized carbons (Fsp3) is 0.164. The lowest BCUT2D eigenvalue weighted by Gasteiger charge is -2.16. The Balaban J connectivity index is 0.000000215. The molecule has 0 aliphatic heterocycles. The second kappa shape index (κ2) is 27.6. The van der Waals surface area contributed by atoms with E-state index in [9.17, 15) is 9.32 Å². The lowest BCUT2D eigenvalue weighted by Crippen LogP contribution is -2.10. The largest absolute Gasteiger partial charge is 0.496 e. The number of hydrogen-bond acceptors (Lipinski definition) is 20. The Morgan fingerprint density at radius 2 is 0.932 bits per heavy atom. The van der Waals surface area contributed by atoms with Gasteiger partial charge in [-0.15, -0.1) is 30.6 Å². The average molecular weight is 1200 g/mol. The number of aryl methyl sites for hydroxylation is 3. The van der Waals surface area contributed by atoms with Crippen LogP contribution < -0.4 is 4.74 Å². The zero-order valence-corrected chi connectivity index (χ0v) is 50.8. The summed E-state index contributed by atoms with van der Waals surface area (Å²) < 4.78 is 35.1. The van der Waals surface area contributed by atoms with E-state index in [0.29, 0.717) is 85.8 Å². The third kappa shape index (κ3) is 14.2. The first-order chi connectivity index (χ1) is 42.6. The Kier molecular flexibility index (Phi) is 19.0. The van der Waals surface area contributed by atoms with Crippen molar-refractivity contribution >= 4 is 16.5 Å². The molecule has 0 bridgehead atoms. The molecule has 1 atom stereocenters. The van der Waals surface area contributed by atoms with Crippen molar-refractivity contribution in [1.82, 2.24) is 70.3 Å². The number of benzene rings is 6. The van der Waals surface area contributed by atoms with Gasteiger partial charge in [-0.05, 0) is 94.0 Å². The van der Waals surface area contributed by atoms with E-state index >= 15 is 0 Å². The summed E-state index contributed by atoms with van der Waals surface area (Å²) in [5.41, 5.74) is 14.9. The molecule has 6 aromatic heterocycles. The molecule has 0 aliphatic rings.